The van der Waals surface area contributed by atoms with Crippen molar-refractivity contribution in [3.05, 3.63) is 28.9 Å². The van der Waals surface area contributed by atoms with Crippen LogP contribution in [0.2, 0.25) is 0 Å². The molecule has 17 heavy (non-hydrogen) atoms. The van der Waals surface area contributed by atoms with Crippen LogP contribution in [0.4, 0.5) is 0 Å². The molecule has 0 radical (unpaired) electrons. The van der Waals surface area contributed by atoms with Crippen LogP contribution in [0.25, 0.3) is 10.9 Å². The minimum Gasteiger partial charge on any atom is -0.351 e. The molecule has 1 saturated heterocycles. The van der Waals surface area contributed by atoms with Gasteiger partial charge in [-0.05, 0) is 24.6 Å². The number of hydrogen-bond donors (Lipinski definition) is 1. The van der Waals surface area contributed by atoms with Crippen molar-refractivity contribution in [3.8, 4) is 0 Å². The van der Waals surface area contributed by atoms with Gasteiger partial charge in [-0.15, -0.1) is 0 Å². The largest absolute Gasteiger partial charge is 0.351 e. The molecule has 2 aromatic rings. The van der Waals surface area contributed by atoms with Gasteiger partial charge in [-0.3, -0.25) is 9.48 Å². The maximum atomic E-state index is 11.1. The average Bonchev–Trinajstić information content (AvgIpc) is 2.84. The SMILES string of the molecule is O=C1CC[C@@H](Cn2cc3cc(Br)ccc3n2)N1. The number of fused-ring (bicyclic) bond motifs is 1. The van der Waals surface area contributed by atoms with Crippen LogP contribution in [-0.2, 0) is 11.3 Å². The highest BCUT2D eigenvalue weighted by atomic mass is 79.9. The zero-order valence-corrected chi connectivity index (χ0v) is 10.8. The minimum absolute atomic E-state index is 0.148. The molecule has 1 aromatic heterocycles. The zero-order chi connectivity index (χ0) is 11.8. The van der Waals surface area contributed by atoms with Crippen molar-refractivity contribution < 1.29 is 4.79 Å². The minimum atomic E-state index is 0.148. The van der Waals surface area contributed by atoms with E-state index in [9.17, 15) is 4.79 Å². The molecule has 5 heteroatoms. The van der Waals surface area contributed by atoms with Crippen molar-refractivity contribution in [1.82, 2.24) is 15.1 Å². The molecule has 0 bridgehead atoms. The summed E-state index contributed by atoms with van der Waals surface area (Å²) in [7, 11) is 0. The molecule has 1 aromatic carbocycles. The van der Waals surface area contributed by atoms with Crippen molar-refractivity contribution >= 4 is 32.7 Å². The average molecular weight is 294 g/mol. The van der Waals surface area contributed by atoms with Crippen molar-refractivity contribution in [2.45, 2.75) is 25.4 Å². The molecular weight excluding hydrogens is 282 g/mol. The molecule has 0 unspecified atom stereocenters. The van der Waals surface area contributed by atoms with Crippen LogP contribution in [-0.4, -0.2) is 21.7 Å². The van der Waals surface area contributed by atoms with Crippen LogP contribution in [0.1, 0.15) is 12.8 Å². The number of carbonyl (C=O) groups excluding carboxylic acids is 1. The van der Waals surface area contributed by atoms with E-state index in [1.165, 1.54) is 0 Å². The van der Waals surface area contributed by atoms with E-state index in [1.54, 1.807) is 0 Å². The van der Waals surface area contributed by atoms with Gasteiger partial charge in [-0.1, -0.05) is 15.9 Å². The van der Waals surface area contributed by atoms with Crippen molar-refractivity contribution in [2.75, 3.05) is 0 Å². The summed E-state index contributed by atoms with van der Waals surface area (Å²) in [6, 6.07) is 6.24. The Morgan fingerprint density at radius 2 is 2.41 bits per heavy atom. The molecule has 2 heterocycles. The smallest absolute Gasteiger partial charge is 0.220 e. The van der Waals surface area contributed by atoms with E-state index in [1.807, 2.05) is 29.1 Å². The fourth-order valence-electron chi connectivity index (χ4n) is 2.18. The van der Waals surface area contributed by atoms with Crippen LogP contribution in [0.5, 0.6) is 0 Å². The molecule has 3 rings (SSSR count). The number of aromatic nitrogens is 2. The predicted octanol–water partition coefficient (Wildman–Crippen LogP) is 2.08. The van der Waals surface area contributed by atoms with E-state index in [0.717, 1.165) is 28.3 Å². The Morgan fingerprint density at radius 1 is 1.53 bits per heavy atom. The summed E-state index contributed by atoms with van der Waals surface area (Å²) in [5.74, 6) is 0.148. The van der Waals surface area contributed by atoms with E-state index in [0.29, 0.717) is 6.42 Å². The molecule has 1 aliphatic rings. The zero-order valence-electron chi connectivity index (χ0n) is 9.19. The molecule has 1 atom stereocenters. The number of nitrogens with zero attached hydrogens (tertiary/aromatic N) is 2. The van der Waals surface area contributed by atoms with Gasteiger partial charge in [-0.25, -0.2) is 0 Å². The number of carbonyl (C=O) groups is 1. The summed E-state index contributed by atoms with van der Waals surface area (Å²) in [6.07, 6.45) is 3.56. The Bertz CT molecular complexity index is 578. The highest BCUT2D eigenvalue weighted by Gasteiger charge is 2.21. The summed E-state index contributed by atoms with van der Waals surface area (Å²) < 4.78 is 2.96. The lowest BCUT2D eigenvalue weighted by atomic mass is 10.2. The van der Waals surface area contributed by atoms with Crippen molar-refractivity contribution in [2.24, 2.45) is 0 Å². The van der Waals surface area contributed by atoms with Gasteiger partial charge in [0, 0.05) is 28.5 Å². The lowest BCUT2D eigenvalue weighted by molar-refractivity contribution is -0.119. The summed E-state index contributed by atoms with van der Waals surface area (Å²) >= 11 is 3.44. The first-order valence-electron chi connectivity index (χ1n) is 5.63. The summed E-state index contributed by atoms with van der Waals surface area (Å²) in [5, 5.41) is 8.55. The van der Waals surface area contributed by atoms with Crippen LogP contribution in [0.15, 0.2) is 28.9 Å². The van der Waals surface area contributed by atoms with E-state index >= 15 is 0 Å². The van der Waals surface area contributed by atoms with Crippen LogP contribution in [0.3, 0.4) is 0 Å². The molecule has 0 saturated carbocycles. The fraction of sp³-hybridized carbons (Fsp3) is 0.333. The third-order valence-corrected chi connectivity index (χ3v) is 3.50. The van der Waals surface area contributed by atoms with E-state index in [2.05, 4.69) is 26.3 Å². The van der Waals surface area contributed by atoms with Gasteiger partial charge >= 0.3 is 0 Å². The van der Waals surface area contributed by atoms with Gasteiger partial charge in [0.2, 0.25) is 5.91 Å². The molecule has 4 nitrogen and oxygen atoms in total. The van der Waals surface area contributed by atoms with Crippen LogP contribution in [0, 0.1) is 0 Å². The van der Waals surface area contributed by atoms with Crippen molar-refractivity contribution in [3.63, 3.8) is 0 Å². The lowest BCUT2D eigenvalue weighted by Crippen LogP contribution is -2.29. The molecular formula is C12H12BrN3O. The summed E-state index contributed by atoms with van der Waals surface area (Å²) in [4.78, 5) is 11.1. The first-order chi connectivity index (χ1) is 8.20. The fourth-order valence-corrected chi connectivity index (χ4v) is 2.56. The quantitative estimate of drug-likeness (QED) is 0.921. The van der Waals surface area contributed by atoms with E-state index in [-0.39, 0.29) is 11.9 Å². The molecule has 88 valence electrons. The van der Waals surface area contributed by atoms with Gasteiger partial charge in [0.05, 0.1) is 12.1 Å². The van der Waals surface area contributed by atoms with E-state index in [4.69, 9.17) is 0 Å². The van der Waals surface area contributed by atoms with Gasteiger partial charge in [0.15, 0.2) is 0 Å². The Balaban J connectivity index is 1.83. The standard InChI is InChI=1S/C12H12BrN3O/c13-9-1-3-11-8(5-9)6-16(15-11)7-10-2-4-12(17)14-10/h1,3,5-6,10H,2,4,7H2,(H,14,17)/t10-/m0/s1. The topological polar surface area (TPSA) is 46.9 Å². The molecule has 1 amide bonds. The Kier molecular flexibility index (Phi) is 2.63. The number of hydrogen-bond acceptors (Lipinski definition) is 2. The highest BCUT2D eigenvalue weighted by molar-refractivity contribution is 9.10. The lowest BCUT2D eigenvalue weighted by Gasteiger charge is -2.08. The van der Waals surface area contributed by atoms with E-state index < -0.39 is 0 Å². The molecule has 1 aliphatic heterocycles. The number of amides is 1. The Labute approximate surface area is 107 Å². The van der Waals surface area contributed by atoms with Gasteiger partial charge in [0.1, 0.15) is 0 Å². The van der Waals surface area contributed by atoms with Gasteiger partial charge < -0.3 is 5.32 Å². The number of nitrogens with one attached hydrogen (secondary N) is 1. The van der Waals surface area contributed by atoms with Crippen LogP contribution < -0.4 is 5.32 Å². The van der Waals surface area contributed by atoms with Crippen LogP contribution >= 0.6 is 15.9 Å². The first-order valence-corrected chi connectivity index (χ1v) is 6.42. The van der Waals surface area contributed by atoms with Gasteiger partial charge in [0.25, 0.3) is 0 Å². The third-order valence-electron chi connectivity index (χ3n) is 3.01. The molecule has 1 fully saturated rings. The molecule has 0 spiro atoms. The Morgan fingerprint density at radius 3 is 3.18 bits per heavy atom. The number of benzene rings is 1. The first kappa shape index (κ1) is 10.8. The number of halogens is 1. The second-order valence-electron chi connectivity index (χ2n) is 4.36. The maximum absolute atomic E-state index is 11.1. The maximum Gasteiger partial charge on any atom is 0.220 e. The summed E-state index contributed by atoms with van der Waals surface area (Å²) in [5.41, 5.74) is 0.984. The monoisotopic (exact) mass is 293 g/mol. The number of rotatable bonds is 2. The van der Waals surface area contributed by atoms with Crippen molar-refractivity contribution in [1.29, 1.82) is 0 Å². The normalized spacial score (nSPS) is 19.8. The molecule has 0 aliphatic carbocycles. The third kappa shape index (κ3) is 2.20. The Hall–Kier alpha value is -1.36. The van der Waals surface area contributed by atoms with Gasteiger partial charge in [-0.2, -0.15) is 5.10 Å². The predicted molar refractivity (Wildman–Crippen MR) is 68.6 cm³/mol. The highest BCUT2D eigenvalue weighted by Crippen LogP contribution is 2.19. The summed E-state index contributed by atoms with van der Waals surface area (Å²) in [6.45, 7) is 0.748. The molecule has 1 N–H and O–H groups in total. The second-order valence-corrected chi connectivity index (χ2v) is 5.27. The second kappa shape index (κ2) is 4.14.